The molecule has 2 nitrogen and oxygen atoms in total. The minimum atomic E-state index is 0.543. The third kappa shape index (κ3) is 2.29. The predicted molar refractivity (Wildman–Crippen MR) is 61.4 cm³/mol. The Hall–Kier alpha value is -0.510. The highest BCUT2D eigenvalue weighted by Crippen LogP contribution is 2.26. The molecule has 1 aromatic carbocycles. The molecular formula is C11H16N2S. The summed E-state index contributed by atoms with van der Waals surface area (Å²) in [5, 5.41) is 0.637. The molecule has 2 atom stereocenters. The Kier molecular flexibility index (Phi) is 3.11. The molecule has 0 bridgehead atoms. The van der Waals surface area contributed by atoms with Gasteiger partial charge in [0.25, 0.3) is 0 Å². The lowest BCUT2D eigenvalue weighted by molar-refractivity contribution is 0.596. The molecule has 1 aromatic rings. The molecule has 1 aliphatic heterocycles. The maximum absolute atomic E-state index is 3.23. The SMILES string of the molecule is Cc1ccc(SC2CNNC2C)cc1. The van der Waals surface area contributed by atoms with Crippen LogP contribution in [-0.2, 0) is 0 Å². The Balaban J connectivity index is 2.00. The van der Waals surface area contributed by atoms with E-state index in [9.17, 15) is 0 Å². The van der Waals surface area contributed by atoms with Gasteiger partial charge in [-0.3, -0.25) is 10.9 Å². The number of hydrogen-bond donors (Lipinski definition) is 2. The Morgan fingerprint density at radius 2 is 2.00 bits per heavy atom. The fourth-order valence-corrected chi connectivity index (χ4v) is 2.61. The first-order valence-electron chi connectivity index (χ1n) is 4.97. The van der Waals surface area contributed by atoms with Crippen molar-refractivity contribution in [3.63, 3.8) is 0 Å². The van der Waals surface area contributed by atoms with Gasteiger partial charge in [0, 0.05) is 22.7 Å². The summed E-state index contributed by atoms with van der Waals surface area (Å²) in [5.74, 6) is 0. The zero-order chi connectivity index (χ0) is 9.97. The van der Waals surface area contributed by atoms with Crippen LogP contribution in [0.4, 0.5) is 0 Å². The molecule has 3 heteroatoms. The van der Waals surface area contributed by atoms with E-state index in [-0.39, 0.29) is 0 Å². The lowest BCUT2D eigenvalue weighted by atomic mass is 10.2. The van der Waals surface area contributed by atoms with Crippen molar-refractivity contribution in [2.24, 2.45) is 0 Å². The van der Waals surface area contributed by atoms with Crippen molar-refractivity contribution in [2.75, 3.05) is 6.54 Å². The van der Waals surface area contributed by atoms with Crippen molar-refractivity contribution in [3.8, 4) is 0 Å². The zero-order valence-electron chi connectivity index (χ0n) is 8.58. The van der Waals surface area contributed by atoms with Gasteiger partial charge in [0.15, 0.2) is 0 Å². The average Bonchev–Trinajstić information content (AvgIpc) is 2.56. The normalized spacial score (nSPS) is 26.7. The average molecular weight is 208 g/mol. The van der Waals surface area contributed by atoms with Gasteiger partial charge in [0.2, 0.25) is 0 Å². The van der Waals surface area contributed by atoms with Crippen LogP contribution in [-0.4, -0.2) is 17.8 Å². The Morgan fingerprint density at radius 1 is 1.29 bits per heavy atom. The number of hydrogen-bond acceptors (Lipinski definition) is 3. The minimum absolute atomic E-state index is 0.543. The van der Waals surface area contributed by atoms with Crippen molar-refractivity contribution in [1.29, 1.82) is 0 Å². The lowest BCUT2D eigenvalue weighted by Gasteiger charge is -2.12. The molecule has 0 aromatic heterocycles. The summed E-state index contributed by atoms with van der Waals surface area (Å²) in [5.41, 5.74) is 7.74. The molecule has 1 saturated heterocycles. The van der Waals surface area contributed by atoms with E-state index in [1.54, 1.807) is 0 Å². The molecule has 14 heavy (non-hydrogen) atoms. The van der Waals surface area contributed by atoms with Gasteiger partial charge in [0.1, 0.15) is 0 Å². The second-order valence-electron chi connectivity index (χ2n) is 3.78. The molecule has 0 radical (unpaired) electrons. The van der Waals surface area contributed by atoms with Crippen molar-refractivity contribution in [3.05, 3.63) is 29.8 Å². The molecule has 0 amide bonds. The van der Waals surface area contributed by atoms with Gasteiger partial charge in [-0.25, -0.2) is 0 Å². The van der Waals surface area contributed by atoms with Crippen LogP contribution in [0.3, 0.4) is 0 Å². The molecule has 0 spiro atoms. The molecule has 0 aliphatic carbocycles. The van der Waals surface area contributed by atoms with E-state index >= 15 is 0 Å². The van der Waals surface area contributed by atoms with E-state index in [1.807, 2.05) is 11.8 Å². The smallest absolute Gasteiger partial charge is 0.0397 e. The third-order valence-corrected chi connectivity index (χ3v) is 3.92. The van der Waals surface area contributed by atoms with Crippen LogP contribution in [0.15, 0.2) is 29.2 Å². The van der Waals surface area contributed by atoms with Crippen molar-refractivity contribution >= 4 is 11.8 Å². The zero-order valence-corrected chi connectivity index (χ0v) is 9.40. The van der Waals surface area contributed by atoms with Gasteiger partial charge in [0.05, 0.1) is 0 Å². The summed E-state index contributed by atoms with van der Waals surface area (Å²) in [6.45, 7) is 5.38. The summed E-state index contributed by atoms with van der Waals surface area (Å²) in [7, 11) is 0. The molecular weight excluding hydrogens is 192 g/mol. The Morgan fingerprint density at radius 3 is 2.57 bits per heavy atom. The van der Waals surface area contributed by atoms with Crippen molar-refractivity contribution in [1.82, 2.24) is 10.9 Å². The van der Waals surface area contributed by atoms with Gasteiger partial charge in [-0.15, -0.1) is 11.8 Å². The molecule has 2 unspecified atom stereocenters. The van der Waals surface area contributed by atoms with E-state index in [0.717, 1.165) is 6.54 Å². The molecule has 1 heterocycles. The largest absolute Gasteiger partial charge is 0.256 e. The van der Waals surface area contributed by atoms with Crippen LogP contribution in [0.25, 0.3) is 0 Å². The van der Waals surface area contributed by atoms with Crippen LogP contribution in [0.2, 0.25) is 0 Å². The van der Waals surface area contributed by atoms with Gasteiger partial charge in [-0.1, -0.05) is 17.7 Å². The molecule has 1 aliphatic rings. The Bertz CT molecular complexity index is 297. The van der Waals surface area contributed by atoms with Gasteiger partial charge in [-0.05, 0) is 26.0 Å². The third-order valence-electron chi connectivity index (χ3n) is 2.50. The van der Waals surface area contributed by atoms with Gasteiger partial charge >= 0.3 is 0 Å². The molecule has 76 valence electrons. The summed E-state index contributed by atoms with van der Waals surface area (Å²) in [6, 6.07) is 9.28. The van der Waals surface area contributed by atoms with E-state index in [2.05, 4.69) is 49.0 Å². The maximum Gasteiger partial charge on any atom is 0.0397 e. The standard InChI is InChI=1S/C11H16N2S/c1-8-3-5-10(6-4-8)14-11-7-12-13-9(11)2/h3-6,9,11-13H,7H2,1-2H3. The lowest BCUT2D eigenvalue weighted by Crippen LogP contribution is -2.29. The molecule has 0 saturated carbocycles. The van der Waals surface area contributed by atoms with Crippen molar-refractivity contribution < 1.29 is 0 Å². The minimum Gasteiger partial charge on any atom is -0.256 e. The highest BCUT2D eigenvalue weighted by atomic mass is 32.2. The van der Waals surface area contributed by atoms with E-state index in [1.165, 1.54) is 10.5 Å². The fraction of sp³-hybridized carbons (Fsp3) is 0.455. The second kappa shape index (κ2) is 4.34. The topological polar surface area (TPSA) is 24.1 Å². The number of nitrogens with one attached hydrogen (secondary N) is 2. The van der Waals surface area contributed by atoms with E-state index < -0.39 is 0 Å². The van der Waals surface area contributed by atoms with Crippen molar-refractivity contribution in [2.45, 2.75) is 30.0 Å². The fourth-order valence-electron chi connectivity index (χ4n) is 1.53. The number of thioether (sulfide) groups is 1. The highest BCUT2D eigenvalue weighted by molar-refractivity contribution is 8.00. The monoisotopic (exact) mass is 208 g/mol. The van der Waals surface area contributed by atoms with Crippen LogP contribution in [0, 0.1) is 6.92 Å². The van der Waals surface area contributed by atoms with Crippen LogP contribution in [0.1, 0.15) is 12.5 Å². The first kappa shape index (κ1) is 10.0. The number of aryl methyl sites for hydroxylation is 1. The van der Waals surface area contributed by atoms with Gasteiger partial charge < -0.3 is 0 Å². The second-order valence-corrected chi connectivity index (χ2v) is 5.10. The van der Waals surface area contributed by atoms with Crippen LogP contribution in [0.5, 0.6) is 0 Å². The summed E-state index contributed by atoms with van der Waals surface area (Å²) >= 11 is 1.94. The number of benzene rings is 1. The summed E-state index contributed by atoms with van der Waals surface area (Å²) < 4.78 is 0. The Labute approximate surface area is 89.4 Å². The molecule has 2 rings (SSSR count). The van der Waals surface area contributed by atoms with Crippen LogP contribution >= 0.6 is 11.8 Å². The first-order chi connectivity index (χ1) is 6.75. The van der Waals surface area contributed by atoms with Gasteiger partial charge in [-0.2, -0.15) is 0 Å². The van der Waals surface area contributed by atoms with Crippen LogP contribution < -0.4 is 10.9 Å². The number of hydrazine groups is 1. The highest BCUT2D eigenvalue weighted by Gasteiger charge is 2.23. The number of rotatable bonds is 2. The summed E-state index contributed by atoms with van der Waals surface area (Å²) in [4.78, 5) is 1.36. The van der Waals surface area contributed by atoms with E-state index in [0.29, 0.717) is 11.3 Å². The summed E-state index contributed by atoms with van der Waals surface area (Å²) in [6.07, 6.45) is 0. The molecule has 2 N–H and O–H groups in total. The van der Waals surface area contributed by atoms with E-state index in [4.69, 9.17) is 0 Å². The first-order valence-corrected chi connectivity index (χ1v) is 5.85. The maximum atomic E-state index is 3.23. The molecule has 1 fully saturated rings. The predicted octanol–water partition coefficient (Wildman–Crippen LogP) is 1.95. The quantitative estimate of drug-likeness (QED) is 0.777.